The highest BCUT2D eigenvalue weighted by Crippen LogP contribution is 2.31. The smallest absolute Gasteiger partial charge is 0.387 e. The summed E-state index contributed by atoms with van der Waals surface area (Å²) in [4.78, 5) is 16.1. The van der Waals surface area contributed by atoms with Crippen LogP contribution in [0.4, 0.5) is 25.0 Å². The van der Waals surface area contributed by atoms with Crippen molar-refractivity contribution in [3.8, 4) is 17.4 Å². The molecule has 0 aliphatic heterocycles. The molecule has 1 aromatic heterocycles. The number of nitrogens with zero attached hydrogens (tertiary/aromatic N) is 1. The van der Waals surface area contributed by atoms with Crippen molar-refractivity contribution in [3.63, 3.8) is 0 Å². The number of anilines is 2. The first-order chi connectivity index (χ1) is 13.0. The van der Waals surface area contributed by atoms with Gasteiger partial charge in [0.05, 0.1) is 25.6 Å². The fraction of sp³-hybridized carbons (Fsp3) is 0.294. The molecule has 0 aliphatic carbocycles. The molecule has 0 unspecified atom stereocenters. The summed E-state index contributed by atoms with van der Waals surface area (Å²) in [5.74, 6) is 0.320. The van der Waals surface area contributed by atoms with Gasteiger partial charge in [-0.3, -0.25) is 0 Å². The molecule has 0 radical (unpaired) electrons. The Kier molecular flexibility index (Phi) is 7.56. The number of hydrogen-bond donors (Lipinski definition) is 2. The molecule has 0 saturated heterocycles. The third-order valence-electron chi connectivity index (χ3n) is 3.17. The number of alkyl halides is 2. The van der Waals surface area contributed by atoms with Crippen molar-refractivity contribution in [3.05, 3.63) is 36.5 Å². The lowest BCUT2D eigenvalue weighted by Crippen LogP contribution is -2.19. The van der Waals surface area contributed by atoms with E-state index >= 15 is 0 Å². The summed E-state index contributed by atoms with van der Waals surface area (Å²) in [6, 6.07) is 6.73. The van der Waals surface area contributed by atoms with Gasteiger partial charge in [-0.25, -0.2) is 9.78 Å². The van der Waals surface area contributed by atoms with E-state index in [2.05, 4.69) is 20.4 Å². The number of pyridine rings is 1. The monoisotopic (exact) mass is 383 g/mol. The SMILES string of the molecule is COCCOc1ccc(NC(=O)Nc2ccc(OC)c(OC(F)F)c2)cn1. The maximum atomic E-state index is 12.4. The van der Waals surface area contributed by atoms with Gasteiger partial charge in [-0.05, 0) is 18.2 Å². The van der Waals surface area contributed by atoms with E-state index in [4.69, 9.17) is 14.2 Å². The molecule has 27 heavy (non-hydrogen) atoms. The van der Waals surface area contributed by atoms with Gasteiger partial charge in [0.2, 0.25) is 5.88 Å². The largest absolute Gasteiger partial charge is 0.493 e. The number of methoxy groups -OCH3 is 2. The van der Waals surface area contributed by atoms with Gasteiger partial charge < -0.3 is 29.6 Å². The first kappa shape index (κ1) is 20.2. The van der Waals surface area contributed by atoms with Crippen LogP contribution in [-0.4, -0.2) is 45.1 Å². The zero-order chi connectivity index (χ0) is 19.6. The molecule has 2 amide bonds. The summed E-state index contributed by atoms with van der Waals surface area (Å²) in [5, 5.41) is 5.07. The van der Waals surface area contributed by atoms with Crippen molar-refractivity contribution in [1.82, 2.24) is 4.98 Å². The summed E-state index contributed by atoms with van der Waals surface area (Å²) in [6.45, 7) is -2.22. The molecular weight excluding hydrogens is 364 g/mol. The summed E-state index contributed by atoms with van der Waals surface area (Å²) in [6.07, 6.45) is 1.42. The van der Waals surface area contributed by atoms with E-state index in [1.165, 1.54) is 31.5 Å². The zero-order valence-corrected chi connectivity index (χ0v) is 14.7. The molecule has 0 aliphatic rings. The highest BCUT2D eigenvalue weighted by Gasteiger charge is 2.12. The van der Waals surface area contributed by atoms with Gasteiger partial charge in [-0.1, -0.05) is 0 Å². The second-order valence-electron chi connectivity index (χ2n) is 5.05. The fourth-order valence-corrected chi connectivity index (χ4v) is 2.01. The van der Waals surface area contributed by atoms with Gasteiger partial charge in [0.15, 0.2) is 11.5 Å². The molecule has 1 aromatic carbocycles. The standard InChI is InChI=1S/C17H19F2N3O5/c1-24-7-8-26-15-6-4-12(10-20-15)22-17(23)21-11-3-5-13(25-2)14(9-11)27-16(18)19/h3-6,9-10,16H,7-8H2,1-2H3,(H2,21,22,23). The molecule has 146 valence electrons. The number of carbonyl (C=O) groups is 1. The fourth-order valence-electron chi connectivity index (χ4n) is 2.01. The molecule has 0 spiro atoms. The second-order valence-corrected chi connectivity index (χ2v) is 5.05. The van der Waals surface area contributed by atoms with Crippen LogP contribution in [0.2, 0.25) is 0 Å². The van der Waals surface area contributed by atoms with Crippen LogP contribution in [0.1, 0.15) is 0 Å². The van der Waals surface area contributed by atoms with E-state index in [0.29, 0.717) is 24.8 Å². The van der Waals surface area contributed by atoms with Crippen molar-refractivity contribution in [1.29, 1.82) is 0 Å². The van der Waals surface area contributed by atoms with Crippen molar-refractivity contribution in [2.45, 2.75) is 6.61 Å². The van der Waals surface area contributed by atoms with Crippen LogP contribution in [0.5, 0.6) is 17.4 Å². The van der Waals surface area contributed by atoms with Crippen LogP contribution in [-0.2, 0) is 4.74 Å². The van der Waals surface area contributed by atoms with E-state index in [1.54, 1.807) is 19.2 Å². The average Bonchev–Trinajstić information content (AvgIpc) is 2.63. The van der Waals surface area contributed by atoms with Crippen LogP contribution >= 0.6 is 0 Å². The molecule has 8 nitrogen and oxygen atoms in total. The molecule has 0 fully saturated rings. The van der Waals surface area contributed by atoms with Crippen molar-refractivity contribution in [2.24, 2.45) is 0 Å². The topological polar surface area (TPSA) is 90.9 Å². The van der Waals surface area contributed by atoms with Gasteiger partial charge in [-0.2, -0.15) is 8.78 Å². The van der Waals surface area contributed by atoms with E-state index in [-0.39, 0.29) is 17.2 Å². The van der Waals surface area contributed by atoms with Gasteiger partial charge >= 0.3 is 12.6 Å². The van der Waals surface area contributed by atoms with E-state index in [0.717, 1.165) is 0 Å². The molecule has 2 N–H and O–H groups in total. The van der Waals surface area contributed by atoms with E-state index < -0.39 is 12.6 Å². The number of rotatable bonds is 9. The van der Waals surface area contributed by atoms with Crippen molar-refractivity contribution < 1.29 is 32.5 Å². The van der Waals surface area contributed by atoms with Crippen LogP contribution in [0.3, 0.4) is 0 Å². The predicted octanol–water partition coefficient (Wildman–Crippen LogP) is 3.36. The Labute approximate surface area is 154 Å². The minimum absolute atomic E-state index is 0.120. The first-order valence-corrected chi connectivity index (χ1v) is 7.80. The zero-order valence-electron chi connectivity index (χ0n) is 14.7. The summed E-state index contributed by atoms with van der Waals surface area (Å²) >= 11 is 0. The van der Waals surface area contributed by atoms with Gasteiger partial charge in [0.25, 0.3) is 0 Å². The lowest BCUT2D eigenvalue weighted by atomic mass is 10.3. The van der Waals surface area contributed by atoms with Crippen molar-refractivity contribution in [2.75, 3.05) is 38.1 Å². The Hall–Kier alpha value is -3.14. The van der Waals surface area contributed by atoms with Gasteiger partial charge in [0, 0.05) is 24.9 Å². The summed E-state index contributed by atoms with van der Waals surface area (Å²) in [5.41, 5.74) is 0.667. The van der Waals surface area contributed by atoms with Gasteiger partial charge in [-0.15, -0.1) is 0 Å². The number of ether oxygens (including phenoxy) is 4. The van der Waals surface area contributed by atoms with Crippen molar-refractivity contribution >= 4 is 17.4 Å². The number of urea groups is 1. The summed E-state index contributed by atoms with van der Waals surface area (Å²) in [7, 11) is 2.89. The summed E-state index contributed by atoms with van der Waals surface area (Å²) < 4.78 is 44.4. The molecule has 10 heteroatoms. The Morgan fingerprint density at radius 1 is 1.07 bits per heavy atom. The average molecular weight is 383 g/mol. The number of amides is 2. The third-order valence-corrected chi connectivity index (χ3v) is 3.17. The maximum absolute atomic E-state index is 12.4. The van der Waals surface area contributed by atoms with Crippen LogP contribution in [0.25, 0.3) is 0 Å². The molecule has 1 heterocycles. The minimum Gasteiger partial charge on any atom is -0.493 e. The van der Waals surface area contributed by atoms with E-state index in [9.17, 15) is 13.6 Å². The molecule has 2 aromatic rings. The second kappa shape index (κ2) is 10.1. The quantitative estimate of drug-likeness (QED) is 0.646. The van der Waals surface area contributed by atoms with Gasteiger partial charge in [0.1, 0.15) is 6.61 Å². The Bertz CT molecular complexity index is 744. The van der Waals surface area contributed by atoms with E-state index in [1.807, 2.05) is 0 Å². The number of halogens is 2. The molecular formula is C17H19F2N3O5. The number of nitrogens with one attached hydrogen (secondary N) is 2. The predicted molar refractivity (Wildman–Crippen MR) is 93.9 cm³/mol. The Morgan fingerprint density at radius 2 is 1.81 bits per heavy atom. The maximum Gasteiger partial charge on any atom is 0.387 e. The normalized spacial score (nSPS) is 10.4. The molecule has 0 atom stereocenters. The van der Waals surface area contributed by atoms with Crippen LogP contribution < -0.4 is 24.8 Å². The number of benzene rings is 1. The van der Waals surface area contributed by atoms with Crippen LogP contribution in [0, 0.1) is 0 Å². The first-order valence-electron chi connectivity index (χ1n) is 7.80. The molecule has 0 bridgehead atoms. The number of carbonyl (C=O) groups excluding carboxylic acids is 1. The highest BCUT2D eigenvalue weighted by molar-refractivity contribution is 5.99. The number of hydrogen-bond acceptors (Lipinski definition) is 6. The minimum atomic E-state index is -3.02. The Morgan fingerprint density at radius 3 is 2.44 bits per heavy atom. The lowest BCUT2D eigenvalue weighted by Gasteiger charge is -2.12. The highest BCUT2D eigenvalue weighted by atomic mass is 19.3. The molecule has 0 saturated carbocycles. The Balaban J connectivity index is 1.95. The lowest BCUT2D eigenvalue weighted by molar-refractivity contribution is -0.0511. The third kappa shape index (κ3) is 6.59. The molecule has 2 rings (SSSR count). The van der Waals surface area contributed by atoms with Crippen LogP contribution in [0.15, 0.2) is 36.5 Å². The number of aromatic nitrogens is 1.